The maximum atomic E-state index is 12.9. The maximum absolute atomic E-state index is 12.9. The number of aromatic nitrogens is 1. The Balaban J connectivity index is 2.20. The molecular formula is C12H10ClFN2. The fourth-order valence-corrected chi connectivity index (χ4v) is 1.44. The van der Waals surface area contributed by atoms with Crippen LogP contribution in [0.4, 0.5) is 15.9 Å². The van der Waals surface area contributed by atoms with E-state index in [9.17, 15) is 4.39 Å². The average molecular weight is 237 g/mol. The van der Waals surface area contributed by atoms with E-state index in [1.807, 2.05) is 19.1 Å². The lowest BCUT2D eigenvalue weighted by Crippen LogP contribution is -1.93. The quantitative estimate of drug-likeness (QED) is 0.855. The lowest BCUT2D eigenvalue weighted by atomic mass is 10.3. The van der Waals surface area contributed by atoms with E-state index in [4.69, 9.17) is 11.6 Å². The highest BCUT2D eigenvalue weighted by Gasteiger charge is 2.01. The zero-order valence-corrected chi connectivity index (χ0v) is 9.42. The summed E-state index contributed by atoms with van der Waals surface area (Å²) in [6.45, 7) is 1.96. The van der Waals surface area contributed by atoms with Crippen LogP contribution in [-0.2, 0) is 0 Å². The first-order chi connectivity index (χ1) is 7.65. The highest BCUT2D eigenvalue weighted by molar-refractivity contribution is 6.31. The summed E-state index contributed by atoms with van der Waals surface area (Å²) >= 11 is 5.67. The SMILES string of the molecule is Cc1ccc(Nc2ccc(F)c(Cl)c2)nc1. The van der Waals surface area contributed by atoms with Crippen molar-refractivity contribution in [1.82, 2.24) is 4.98 Å². The minimum absolute atomic E-state index is 0.0945. The predicted octanol–water partition coefficient (Wildman–Crippen LogP) is 3.93. The van der Waals surface area contributed by atoms with Crippen molar-refractivity contribution in [3.8, 4) is 0 Å². The first-order valence-electron chi connectivity index (χ1n) is 4.80. The molecule has 0 fully saturated rings. The monoisotopic (exact) mass is 236 g/mol. The Bertz CT molecular complexity index is 497. The molecule has 1 N–H and O–H groups in total. The molecule has 2 rings (SSSR count). The molecule has 1 heterocycles. The van der Waals surface area contributed by atoms with Gasteiger partial charge in [-0.15, -0.1) is 0 Å². The second-order valence-electron chi connectivity index (χ2n) is 3.47. The Labute approximate surface area is 98.1 Å². The Morgan fingerprint density at radius 2 is 2.06 bits per heavy atom. The van der Waals surface area contributed by atoms with Crippen LogP contribution >= 0.6 is 11.6 Å². The molecule has 82 valence electrons. The number of benzene rings is 1. The summed E-state index contributed by atoms with van der Waals surface area (Å²) in [6, 6.07) is 8.26. The number of hydrogen-bond acceptors (Lipinski definition) is 2. The summed E-state index contributed by atoms with van der Waals surface area (Å²) in [6.07, 6.45) is 1.76. The van der Waals surface area contributed by atoms with Gasteiger partial charge in [0.05, 0.1) is 5.02 Å². The molecule has 0 aliphatic rings. The topological polar surface area (TPSA) is 24.9 Å². The Hall–Kier alpha value is -1.61. The molecule has 0 saturated heterocycles. The molecule has 2 nitrogen and oxygen atoms in total. The number of anilines is 2. The second-order valence-corrected chi connectivity index (χ2v) is 3.88. The molecule has 0 radical (unpaired) electrons. The normalized spacial score (nSPS) is 10.2. The van der Waals surface area contributed by atoms with Gasteiger partial charge < -0.3 is 5.32 Å². The van der Waals surface area contributed by atoms with Gasteiger partial charge in [-0.1, -0.05) is 17.7 Å². The van der Waals surface area contributed by atoms with Gasteiger partial charge in [-0.05, 0) is 36.8 Å². The van der Waals surface area contributed by atoms with Gasteiger partial charge in [0.1, 0.15) is 11.6 Å². The van der Waals surface area contributed by atoms with Crippen LogP contribution in [0.2, 0.25) is 5.02 Å². The van der Waals surface area contributed by atoms with Gasteiger partial charge >= 0.3 is 0 Å². The molecule has 0 bridgehead atoms. The van der Waals surface area contributed by atoms with Crippen LogP contribution in [0.25, 0.3) is 0 Å². The van der Waals surface area contributed by atoms with E-state index in [-0.39, 0.29) is 5.02 Å². The molecule has 0 atom stereocenters. The standard InChI is InChI=1S/C12H10ClFN2/c1-8-2-5-12(15-7-8)16-9-3-4-11(14)10(13)6-9/h2-7H,1H3,(H,15,16). The van der Waals surface area contributed by atoms with Crippen LogP contribution in [0.3, 0.4) is 0 Å². The molecule has 1 aromatic heterocycles. The van der Waals surface area contributed by atoms with Crippen LogP contribution in [0.1, 0.15) is 5.56 Å². The van der Waals surface area contributed by atoms with E-state index in [2.05, 4.69) is 10.3 Å². The van der Waals surface area contributed by atoms with Gasteiger partial charge in [0.25, 0.3) is 0 Å². The van der Waals surface area contributed by atoms with Crippen LogP contribution < -0.4 is 5.32 Å². The van der Waals surface area contributed by atoms with Crippen LogP contribution in [0.5, 0.6) is 0 Å². The average Bonchev–Trinajstić information content (AvgIpc) is 2.27. The largest absolute Gasteiger partial charge is 0.340 e. The number of hydrogen-bond donors (Lipinski definition) is 1. The zero-order chi connectivity index (χ0) is 11.5. The smallest absolute Gasteiger partial charge is 0.141 e. The van der Waals surface area contributed by atoms with E-state index in [1.165, 1.54) is 12.1 Å². The zero-order valence-electron chi connectivity index (χ0n) is 8.67. The van der Waals surface area contributed by atoms with Crippen molar-refractivity contribution in [2.75, 3.05) is 5.32 Å². The molecule has 1 aromatic carbocycles. The molecule has 4 heteroatoms. The van der Waals surface area contributed by atoms with E-state index >= 15 is 0 Å². The predicted molar refractivity (Wildman–Crippen MR) is 63.7 cm³/mol. The van der Waals surface area contributed by atoms with Crippen molar-refractivity contribution >= 4 is 23.1 Å². The van der Waals surface area contributed by atoms with Crippen LogP contribution in [-0.4, -0.2) is 4.98 Å². The third-order valence-electron chi connectivity index (χ3n) is 2.10. The summed E-state index contributed by atoms with van der Waals surface area (Å²) in [7, 11) is 0. The first-order valence-corrected chi connectivity index (χ1v) is 5.18. The third kappa shape index (κ3) is 2.49. The number of aryl methyl sites for hydroxylation is 1. The van der Waals surface area contributed by atoms with E-state index in [0.29, 0.717) is 11.5 Å². The van der Waals surface area contributed by atoms with Crippen LogP contribution in [0.15, 0.2) is 36.5 Å². The highest BCUT2D eigenvalue weighted by Crippen LogP contribution is 2.21. The number of pyridine rings is 1. The van der Waals surface area contributed by atoms with Crippen molar-refractivity contribution in [2.24, 2.45) is 0 Å². The van der Waals surface area contributed by atoms with E-state index in [1.54, 1.807) is 12.3 Å². The van der Waals surface area contributed by atoms with Gasteiger partial charge in [-0.3, -0.25) is 0 Å². The third-order valence-corrected chi connectivity index (χ3v) is 2.39. The van der Waals surface area contributed by atoms with Crippen LogP contribution in [0, 0.1) is 12.7 Å². The Morgan fingerprint density at radius 1 is 1.25 bits per heavy atom. The first kappa shape index (κ1) is 10.9. The van der Waals surface area contributed by atoms with E-state index < -0.39 is 5.82 Å². The summed E-state index contributed by atoms with van der Waals surface area (Å²) in [5.74, 6) is 0.275. The fraction of sp³-hybridized carbons (Fsp3) is 0.0833. The van der Waals surface area contributed by atoms with Crippen molar-refractivity contribution in [3.05, 3.63) is 52.9 Å². The second kappa shape index (κ2) is 4.49. The molecule has 0 amide bonds. The molecule has 0 spiro atoms. The molecule has 0 aliphatic carbocycles. The van der Waals surface area contributed by atoms with Gasteiger partial charge in [0.2, 0.25) is 0 Å². The number of halogens is 2. The molecule has 2 aromatic rings. The molecular weight excluding hydrogens is 227 g/mol. The maximum Gasteiger partial charge on any atom is 0.141 e. The summed E-state index contributed by atoms with van der Waals surface area (Å²) in [5, 5.41) is 3.13. The van der Waals surface area contributed by atoms with Crippen molar-refractivity contribution in [2.45, 2.75) is 6.92 Å². The Morgan fingerprint density at radius 3 is 2.69 bits per heavy atom. The van der Waals surface area contributed by atoms with Crippen molar-refractivity contribution in [3.63, 3.8) is 0 Å². The van der Waals surface area contributed by atoms with Gasteiger partial charge in [-0.25, -0.2) is 9.37 Å². The Kier molecular flexibility index (Phi) is 3.06. The lowest BCUT2D eigenvalue weighted by Gasteiger charge is -2.06. The summed E-state index contributed by atoms with van der Waals surface area (Å²) in [5.41, 5.74) is 1.80. The van der Waals surface area contributed by atoms with Gasteiger partial charge in [0, 0.05) is 11.9 Å². The minimum Gasteiger partial charge on any atom is -0.340 e. The molecule has 16 heavy (non-hydrogen) atoms. The fourth-order valence-electron chi connectivity index (χ4n) is 1.26. The molecule has 0 unspecified atom stereocenters. The number of rotatable bonds is 2. The van der Waals surface area contributed by atoms with Crippen molar-refractivity contribution < 1.29 is 4.39 Å². The van der Waals surface area contributed by atoms with Gasteiger partial charge in [0.15, 0.2) is 0 Å². The van der Waals surface area contributed by atoms with Crippen molar-refractivity contribution in [1.29, 1.82) is 0 Å². The highest BCUT2D eigenvalue weighted by atomic mass is 35.5. The minimum atomic E-state index is -0.427. The molecule has 0 saturated carbocycles. The van der Waals surface area contributed by atoms with E-state index in [0.717, 1.165) is 5.56 Å². The summed E-state index contributed by atoms with van der Waals surface area (Å²) in [4.78, 5) is 4.18. The van der Waals surface area contributed by atoms with Gasteiger partial charge in [-0.2, -0.15) is 0 Å². The summed E-state index contributed by atoms with van der Waals surface area (Å²) < 4.78 is 12.9. The number of nitrogens with one attached hydrogen (secondary N) is 1. The number of nitrogens with zero attached hydrogens (tertiary/aromatic N) is 1. The molecule has 0 aliphatic heterocycles. The lowest BCUT2D eigenvalue weighted by molar-refractivity contribution is 0.628.